The second-order valence-electron chi connectivity index (χ2n) is 3.74. The van der Waals surface area contributed by atoms with Gasteiger partial charge in [0.25, 0.3) is 0 Å². The summed E-state index contributed by atoms with van der Waals surface area (Å²) in [6.07, 6.45) is 3.10. The lowest BCUT2D eigenvalue weighted by Gasteiger charge is -2.29. The smallest absolute Gasteiger partial charge is 0.322 e. The number of hydrazine groups is 1. The van der Waals surface area contributed by atoms with Crippen LogP contribution in [0.4, 0.5) is 0 Å². The number of amides is 1. The van der Waals surface area contributed by atoms with Gasteiger partial charge in [-0.15, -0.1) is 0 Å². The van der Waals surface area contributed by atoms with Crippen molar-refractivity contribution in [2.45, 2.75) is 31.7 Å². The molecule has 6 heteroatoms. The van der Waals surface area contributed by atoms with E-state index >= 15 is 0 Å². The Morgan fingerprint density at radius 2 is 1.93 bits per heavy atom. The number of nitrogens with two attached hydrogens (primary N) is 1. The Balaban J connectivity index is 2.42. The van der Waals surface area contributed by atoms with Crippen LogP contribution in [-0.2, 0) is 9.59 Å². The lowest BCUT2D eigenvalue weighted by molar-refractivity contribution is -0.143. The summed E-state index contributed by atoms with van der Waals surface area (Å²) in [6, 6.07) is -0.902. The number of piperidine rings is 1. The van der Waals surface area contributed by atoms with Crippen LogP contribution in [0.25, 0.3) is 0 Å². The Kier molecular flexibility index (Phi) is 4.51. The number of nitrogens with one attached hydrogen (secondary N) is 1. The highest BCUT2D eigenvalue weighted by molar-refractivity contribution is 5.83. The van der Waals surface area contributed by atoms with Gasteiger partial charge in [0, 0.05) is 13.1 Å². The van der Waals surface area contributed by atoms with Gasteiger partial charge in [-0.3, -0.25) is 9.59 Å². The van der Waals surface area contributed by atoms with E-state index in [-0.39, 0.29) is 6.42 Å². The Hall–Kier alpha value is -1.14. The molecule has 6 nitrogen and oxygen atoms in total. The molecular formula is C9H17N3O3. The highest BCUT2D eigenvalue weighted by Gasteiger charge is 2.23. The highest BCUT2D eigenvalue weighted by Crippen LogP contribution is 2.07. The number of carbonyl (C=O) groups excluding carboxylic acids is 1. The van der Waals surface area contributed by atoms with Crippen molar-refractivity contribution in [1.82, 2.24) is 10.4 Å². The number of rotatable bonds is 5. The molecule has 1 atom stereocenters. The first kappa shape index (κ1) is 11.9. The average Bonchev–Trinajstić information content (AvgIpc) is 2.17. The third-order valence-corrected chi connectivity index (χ3v) is 2.40. The number of hydrogen-bond acceptors (Lipinski definition) is 4. The first-order valence-electron chi connectivity index (χ1n) is 5.12. The van der Waals surface area contributed by atoms with Gasteiger partial charge in [-0.1, -0.05) is 6.42 Å². The molecule has 1 amide bonds. The van der Waals surface area contributed by atoms with Gasteiger partial charge in [0.2, 0.25) is 5.91 Å². The van der Waals surface area contributed by atoms with Crippen LogP contribution >= 0.6 is 0 Å². The zero-order chi connectivity index (χ0) is 11.3. The van der Waals surface area contributed by atoms with Gasteiger partial charge >= 0.3 is 5.97 Å². The van der Waals surface area contributed by atoms with Gasteiger partial charge in [-0.25, -0.2) is 10.4 Å². The van der Waals surface area contributed by atoms with Crippen molar-refractivity contribution < 1.29 is 14.7 Å². The second kappa shape index (κ2) is 5.67. The number of carboxylic acid groups (broad SMARTS) is 1. The minimum atomic E-state index is -1.04. The molecule has 1 aliphatic heterocycles. The summed E-state index contributed by atoms with van der Waals surface area (Å²) >= 11 is 0. The quantitative estimate of drug-likeness (QED) is 0.564. The minimum absolute atomic E-state index is 0.175. The number of carbonyl (C=O) groups is 2. The van der Waals surface area contributed by atoms with Gasteiger partial charge in [0.15, 0.2) is 0 Å². The molecule has 0 spiro atoms. The molecule has 0 aromatic heterocycles. The average molecular weight is 215 g/mol. The maximum Gasteiger partial charge on any atom is 0.322 e. The van der Waals surface area contributed by atoms with E-state index in [0.717, 1.165) is 25.9 Å². The van der Waals surface area contributed by atoms with Crippen LogP contribution in [0.15, 0.2) is 0 Å². The van der Waals surface area contributed by atoms with Crippen molar-refractivity contribution in [2.24, 2.45) is 5.73 Å². The Bertz CT molecular complexity index is 239. The van der Waals surface area contributed by atoms with Gasteiger partial charge in [-0.05, 0) is 12.8 Å². The molecule has 0 bridgehead atoms. The van der Waals surface area contributed by atoms with Crippen molar-refractivity contribution in [3.8, 4) is 0 Å². The molecule has 15 heavy (non-hydrogen) atoms. The predicted molar refractivity (Wildman–Crippen MR) is 53.8 cm³/mol. The Morgan fingerprint density at radius 1 is 1.33 bits per heavy atom. The zero-order valence-corrected chi connectivity index (χ0v) is 8.61. The van der Waals surface area contributed by atoms with E-state index in [1.165, 1.54) is 6.42 Å². The van der Waals surface area contributed by atoms with Gasteiger partial charge < -0.3 is 10.8 Å². The molecule has 0 radical (unpaired) electrons. The monoisotopic (exact) mass is 215 g/mol. The first-order valence-corrected chi connectivity index (χ1v) is 5.12. The number of aliphatic carboxylic acids is 1. The molecule has 1 aliphatic rings. The summed E-state index contributed by atoms with van der Waals surface area (Å²) in [5, 5.41) is 10.7. The molecule has 4 N–H and O–H groups in total. The Labute approximate surface area is 88.4 Å². The van der Waals surface area contributed by atoms with Gasteiger partial charge in [0.05, 0.1) is 6.42 Å². The summed E-state index contributed by atoms with van der Waals surface area (Å²) < 4.78 is 0. The lowest BCUT2D eigenvalue weighted by atomic mass is 10.1. The summed E-state index contributed by atoms with van der Waals surface area (Å²) in [5.41, 5.74) is 7.80. The topological polar surface area (TPSA) is 95.7 Å². The standard InChI is InChI=1S/C9H17N3O3/c10-8(13)6-7(9(14)15)11-12-4-2-1-3-5-12/h7,11H,1-6H2,(H2,10,13)(H,14,15)/t7-/m0/s1. The van der Waals surface area contributed by atoms with Crippen LogP contribution in [0.3, 0.4) is 0 Å². The summed E-state index contributed by atoms with van der Waals surface area (Å²) in [6.45, 7) is 1.64. The summed E-state index contributed by atoms with van der Waals surface area (Å²) in [4.78, 5) is 21.5. The summed E-state index contributed by atoms with van der Waals surface area (Å²) in [7, 11) is 0. The number of hydrogen-bond donors (Lipinski definition) is 3. The molecule has 86 valence electrons. The first-order chi connectivity index (χ1) is 7.09. The van der Waals surface area contributed by atoms with E-state index in [9.17, 15) is 9.59 Å². The molecular weight excluding hydrogens is 198 g/mol. The van der Waals surface area contributed by atoms with Crippen LogP contribution in [0.2, 0.25) is 0 Å². The van der Waals surface area contributed by atoms with Crippen molar-refractivity contribution in [1.29, 1.82) is 0 Å². The highest BCUT2D eigenvalue weighted by atomic mass is 16.4. The SMILES string of the molecule is NC(=O)C[C@H](NN1CCCCC1)C(=O)O. The second-order valence-corrected chi connectivity index (χ2v) is 3.74. The molecule has 1 rings (SSSR count). The normalized spacial score (nSPS) is 19.7. The van der Waals surface area contributed by atoms with Crippen LogP contribution in [0.5, 0.6) is 0 Å². The van der Waals surface area contributed by atoms with Crippen LogP contribution in [0, 0.1) is 0 Å². The van der Waals surface area contributed by atoms with E-state index in [4.69, 9.17) is 10.8 Å². The minimum Gasteiger partial charge on any atom is -0.480 e. The van der Waals surface area contributed by atoms with Gasteiger partial charge in [-0.2, -0.15) is 0 Å². The van der Waals surface area contributed by atoms with E-state index in [1.54, 1.807) is 0 Å². The van der Waals surface area contributed by atoms with Crippen molar-refractivity contribution >= 4 is 11.9 Å². The van der Waals surface area contributed by atoms with Crippen LogP contribution in [-0.4, -0.2) is 41.1 Å². The molecule has 1 fully saturated rings. The fourth-order valence-corrected chi connectivity index (χ4v) is 1.63. The fourth-order valence-electron chi connectivity index (χ4n) is 1.63. The largest absolute Gasteiger partial charge is 0.480 e. The lowest BCUT2D eigenvalue weighted by Crippen LogP contribution is -2.51. The van der Waals surface area contributed by atoms with Crippen LogP contribution < -0.4 is 11.2 Å². The molecule has 0 aromatic rings. The molecule has 1 heterocycles. The van der Waals surface area contributed by atoms with Gasteiger partial charge in [0.1, 0.15) is 6.04 Å². The number of nitrogens with zero attached hydrogens (tertiary/aromatic N) is 1. The number of primary amides is 1. The van der Waals surface area contributed by atoms with Crippen LogP contribution in [0.1, 0.15) is 25.7 Å². The third kappa shape index (κ3) is 4.26. The van der Waals surface area contributed by atoms with Crippen molar-refractivity contribution in [3.05, 3.63) is 0 Å². The third-order valence-electron chi connectivity index (χ3n) is 2.40. The molecule has 0 aromatic carbocycles. The summed E-state index contributed by atoms with van der Waals surface area (Å²) in [5.74, 6) is -1.65. The van der Waals surface area contributed by atoms with Crippen molar-refractivity contribution in [2.75, 3.05) is 13.1 Å². The van der Waals surface area contributed by atoms with E-state index in [0.29, 0.717) is 0 Å². The molecule has 0 saturated carbocycles. The Morgan fingerprint density at radius 3 is 2.40 bits per heavy atom. The van der Waals surface area contributed by atoms with E-state index in [2.05, 4.69) is 5.43 Å². The number of carboxylic acids is 1. The molecule has 0 unspecified atom stereocenters. The maximum atomic E-state index is 10.8. The van der Waals surface area contributed by atoms with E-state index < -0.39 is 17.9 Å². The molecule has 1 saturated heterocycles. The van der Waals surface area contributed by atoms with Crippen molar-refractivity contribution in [3.63, 3.8) is 0 Å². The maximum absolute atomic E-state index is 10.8. The zero-order valence-electron chi connectivity index (χ0n) is 8.61. The molecule has 0 aliphatic carbocycles. The fraction of sp³-hybridized carbons (Fsp3) is 0.778. The van der Waals surface area contributed by atoms with E-state index in [1.807, 2.05) is 5.01 Å². The predicted octanol–water partition coefficient (Wildman–Crippen LogP) is -0.694.